The number of oxime groups is 1. The molecule has 0 radical (unpaired) electrons. The smallest absolute Gasteiger partial charge is 0.269 e. The van der Waals surface area contributed by atoms with Crippen molar-refractivity contribution in [2.24, 2.45) is 5.16 Å². The Balaban J connectivity index is 0.000000241. The van der Waals surface area contributed by atoms with Crippen LogP contribution in [0.2, 0.25) is 0 Å². The van der Waals surface area contributed by atoms with Crippen molar-refractivity contribution >= 4 is 22.9 Å². The first-order chi connectivity index (χ1) is 27.8. The van der Waals surface area contributed by atoms with Crippen molar-refractivity contribution in [1.29, 1.82) is 0 Å². The summed E-state index contributed by atoms with van der Waals surface area (Å²) in [5.41, 5.74) is 11.0. The van der Waals surface area contributed by atoms with E-state index in [1.54, 1.807) is 45.0 Å². The fourth-order valence-electron chi connectivity index (χ4n) is 8.94. The molecule has 4 aromatic rings. The van der Waals surface area contributed by atoms with Gasteiger partial charge in [-0.05, 0) is 121 Å². The number of benzene rings is 4. The number of nitrogens with zero attached hydrogens (tertiary/aromatic N) is 3. The third-order valence-electron chi connectivity index (χ3n) is 11.9. The zero-order chi connectivity index (χ0) is 42.6. The minimum atomic E-state index is -0.311. The first kappa shape index (κ1) is 45.5. The molecule has 10 nitrogen and oxygen atoms in total. The number of rotatable bonds is 16. The number of fused-ring (bicyclic) bond motifs is 6. The predicted molar refractivity (Wildman–Crippen MR) is 233 cm³/mol. The molecule has 0 atom stereocenters. The van der Waals surface area contributed by atoms with Crippen LogP contribution < -0.4 is 0 Å². The van der Waals surface area contributed by atoms with E-state index in [2.05, 4.69) is 45.0 Å². The normalized spacial score (nSPS) is 13.8. The van der Waals surface area contributed by atoms with E-state index in [0.717, 1.165) is 116 Å². The maximum atomic E-state index is 12.0. The van der Waals surface area contributed by atoms with Gasteiger partial charge in [-0.3, -0.25) is 25.0 Å². The fraction of sp³-hybridized carbons (Fsp3) is 0.458. The molecule has 10 heteroatoms. The summed E-state index contributed by atoms with van der Waals surface area (Å²) in [4.78, 5) is 34.3. The Hall–Kier alpha value is -5.22. The Kier molecular flexibility index (Phi) is 16.0. The van der Waals surface area contributed by atoms with Crippen LogP contribution in [0.4, 0.5) is 11.4 Å². The van der Waals surface area contributed by atoms with E-state index < -0.39 is 0 Å². The number of ketones is 1. The molecule has 2 N–H and O–H groups in total. The predicted octanol–water partition coefficient (Wildman–Crippen LogP) is 12.9. The van der Waals surface area contributed by atoms with Crippen molar-refractivity contribution < 1.29 is 25.0 Å². The molecule has 0 bridgehead atoms. The lowest BCUT2D eigenvalue weighted by molar-refractivity contribution is -0.385. The van der Waals surface area contributed by atoms with Gasteiger partial charge in [-0.2, -0.15) is 0 Å². The van der Waals surface area contributed by atoms with Crippen LogP contribution in [-0.4, -0.2) is 38.3 Å². The molecule has 4 aromatic carbocycles. The number of hydrogen-bond donors (Lipinski definition) is 2. The van der Waals surface area contributed by atoms with Crippen LogP contribution in [0.5, 0.6) is 0 Å². The van der Waals surface area contributed by atoms with Crippen molar-refractivity contribution in [2.45, 2.75) is 136 Å². The summed E-state index contributed by atoms with van der Waals surface area (Å²) in [7, 11) is 0. The van der Waals surface area contributed by atoms with Crippen molar-refractivity contribution in [3.05, 3.63) is 126 Å². The van der Waals surface area contributed by atoms with Gasteiger partial charge in [-0.15, -0.1) is 0 Å². The standard InChI is InChI=1S/C23H28N2O3.C23H27NO3.C2H6O/c1-4-6-12-23(13-7-5-2)21-14-17(16(3)24-26)8-10-19(21)20-11-9-18(25(27)28)15-22(20)23;1-4-6-12-23(13-7-5-2)21-14-17(16(3)25)8-10-19(21)20-11-9-18(24(26)27)15-22(20)23;1-2-3/h8-11,14-15,26H,4-7,12-13H2,1-3H3;8-11,14-15H,4-7,12-13H2,1-3H3;3H,2H2,1H3/b24-16+;;. The van der Waals surface area contributed by atoms with Crippen molar-refractivity contribution in [3.8, 4) is 22.3 Å². The van der Waals surface area contributed by atoms with E-state index in [9.17, 15) is 30.2 Å². The van der Waals surface area contributed by atoms with Gasteiger partial charge in [0.25, 0.3) is 11.4 Å². The Bertz CT molecular complexity index is 2040. The third-order valence-corrected chi connectivity index (χ3v) is 11.9. The number of unbranched alkanes of at least 4 members (excludes halogenated alkanes) is 4. The summed E-state index contributed by atoms with van der Waals surface area (Å²) in [6, 6.07) is 22.6. The molecule has 0 saturated carbocycles. The number of Topliss-reactive ketones (excluding diaryl/α,β-unsaturated/α-hetero) is 1. The number of non-ortho nitro benzene ring substituents is 2. The number of aliphatic hydroxyl groups is 1. The lowest BCUT2D eigenvalue weighted by Gasteiger charge is -2.32. The highest BCUT2D eigenvalue weighted by Crippen LogP contribution is 2.56. The second-order valence-electron chi connectivity index (χ2n) is 15.6. The quantitative estimate of drug-likeness (QED) is 0.0376. The molecule has 0 unspecified atom stereocenters. The van der Waals surface area contributed by atoms with Crippen LogP contribution in [0, 0.1) is 20.2 Å². The molecule has 58 heavy (non-hydrogen) atoms. The lowest BCUT2D eigenvalue weighted by atomic mass is 9.70. The summed E-state index contributed by atoms with van der Waals surface area (Å²) in [5, 5.41) is 43.0. The molecule has 310 valence electrons. The molecule has 6 rings (SSSR count). The molecule has 0 spiro atoms. The van der Waals surface area contributed by atoms with Crippen LogP contribution in [0.15, 0.2) is 78.0 Å². The minimum Gasteiger partial charge on any atom is -0.411 e. The molecule has 2 aliphatic rings. The van der Waals surface area contributed by atoms with Gasteiger partial charge >= 0.3 is 0 Å². The van der Waals surface area contributed by atoms with Gasteiger partial charge in [0.2, 0.25) is 0 Å². The largest absolute Gasteiger partial charge is 0.411 e. The van der Waals surface area contributed by atoms with Crippen molar-refractivity contribution in [2.75, 3.05) is 6.61 Å². The molecule has 2 aliphatic carbocycles. The second-order valence-corrected chi connectivity index (χ2v) is 15.6. The average Bonchev–Trinajstić information content (AvgIpc) is 3.65. The molecule has 0 fully saturated rings. The second kappa shape index (κ2) is 20.5. The van der Waals surface area contributed by atoms with E-state index in [1.807, 2.05) is 36.4 Å². The Morgan fingerprint density at radius 1 is 0.569 bits per heavy atom. The highest BCUT2D eigenvalue weighted by Gasteiger charge is 2.44. The zero-order valence-corrected chi connectivity index (χ0v) is 35.4. The number of carbonyl (C=O) groups excluding carboxylic acids is 1. The van der Waals surface area contributed by atoms with Crippen LogP contribution in [0.3, 0.4) is 0 Å². The minimum absolute atomic E-state index is 0.0552. The zero-order valence-electron chi connectivity index (χ0n) is 35.4. The van der Waals surface area contributed by atoms with E-state index in [-0.39, 0.29) is 44.4 Å². The Labute approximate surface area is 343 Å². The van der Waals surface area contributed by atoms with E-state index in [1.165, 1.54) is 11.1 Å². The van der Waals surface area contributed by atoms with Crippen LogP contribution in [-0.2, 0) is 10.8 Å². The average molecular weight is 792 g/mol. The first-order valence-electron chi connectivity index (χ1n) is 21.0. The van der Waals surface area contributed by atoms with Crippen LogP contribution in [0.1, 0.15) is 164 Å². The van der Waals surface area contributed by atoms with Crippen molar-refractivity contribution in [3.63, 3.8) is 0 Å². The number of aliphatic hydroxyl groups excluding tert-OH is 1. The Morgan fingerprint density at radius 3 is 1.19 bits per heavy atom. The number of nitro groups is 2. The lowest BCUT2D eigenvalue weighted by Crippen LogP contribution is -2.26. The van der Waals surface area contributed by atoms with Gasteiger partial charge in [-0.1, -0.05) is 108 Å². The summed E-state index contributed by atoms with van der Waals surface area (Å²) < 4.78 is 0. The molecule has 0 saturated heterocycles. The van der Waals surface area contributed by atoms with Gasteiger partial charge < -0.3 is 10.3 Å². The molecule has 0 aromatic heterocycles. The molecular weight excluding hydrogens is 731 g/mol. The summed E-state index contributed by atoms with van der Waals surface area (Å²) in [6.07, 6.45) is 12.3. The monoisotopic (exact) mass is 791 g/mol. The third kappa shape index (κ3) is 9.23. The van der Waals surface area contributed by atoms with E-state index in [0.29, 0.717) is 11.3 Å². The maximum absolute atomic E-state index is 12.0. The number of hydrogen-bond acceptors (Lipinski definition) is 8. The molecule has 0 amide bonds. The highest BCUT2D eigenvalue weighted by atomic mass is 16.6. The van der Waals surface area contributed by atoms with Crippen molar-refractivity contribution in [1.82, 2.24) is 0 Å². The fourth-order valence-corrected chi connectivity index (χ4v) is 8.94. The summed E-state index contributed by atoms with van der Waals surface area (Å²) in [6.45, 7) is 14.0. The topological polar surface area (TPSA) is 156 Å². The first-order valence-corrected chi connectivity index (χ1v) is 21.0. The number of nitro benzene ring substituents is 2. The SMILES string of the molecule is CCCCC1(CCCC)c2cc(/C(C)=N/O)ccc2-c2ccc([N+](=O)[O-])cc21.CCCCC1(CCCC)c2cc(C(C)=O)ccc2-c2ccc([N+](=O)[O-])cc21.CCO. The van der Waals surface area contributed by atoms with Gasteiger partial charge in [0.05, 0.1) is 15.6 Å². The summed E-state index contributed by atoms with van der Waals surface area (Å²) >= 11 is 0. The van der Waals surface area contributed by atoms with Gasteiger partial charge in [0.1, 0.15) is 0 Å². The van der Waals surface area contributed by atoms with Gasteiger partial charge in [0.15, 0.2) is 5.78 Å². The Morgan fingerprint density at radius 2 is 0.879 bits per heavy atom. The van der Waals surface area contributed by atoms with Gasteiger partial charge in [0, 0.05) is 47.3 Å². The van der Waals surface area contributed by atoms with E-state index >= 15 is 0 Å². The molecular formula is C48H61N3O7. The molecule has 0 aliphatic heterocycles. The van der Waals surface area contributed by atoms with E-state index in [4.69, 9.17) is 5.11 Å². The molecule has 0 heterocycles. The van der Waals surface area contributed by atoms with Crippen LogP contribution in [0.25, 0.3) is 22.3 Å². The highest BCUT2D eigenvalue weighted by molar-refractivity contribution is 6.00. The van der Waals surface area contributed by atoms with Gasteiger partial charge in [-0.25, -0.2) is 0 Å². The maximum Gasteiger partial charge on any atom is 0.269 e. The van der Waals surface area contributed by atoms with Crippen LogP contribution >= 0.6 is 0 Å². The number of carbonyl (C=O) groups is 1. The summed E-state index contributed by atoms with van der Waals surface area (Å²) in [5.74, 6) is 0.0552.